The molecule has 0 spiro atoms. The van der Waals surface area contributed by atoms with Gasteiger partial charge in [-0.3, -0.25) is 0 Å². The average molecular weight is 299 g/mol. The van der Waals surface area contributed by atoms with E-state index in [1.165, 1.54) is 0 Å². The molecule has 0 aliphatic heterocycles. The zero-order valence-electron chi connectivity index (χ0n) is 12.2. The van der Waals surface area contributed by atoms with Crippen LogP contribution in [0.25, 0.3) is 0 Å². The molecule has 1 aromatic carbocycles. The molecule has 1 rings (SSSR count). The van der Waals surface area contributed by atoms with Crippen molar-refractivity contribution in [3.63, 3.8) is 0 Å². The summed E-state index contributed by atoms with van der Waals surface area (Å²) >= 11 is 0. The molecule has 4 N–H and O–H groups in total. The molecule has 114 valence electrons. The van der Waals surface area contributed by atoms with Crippen molar-refractivity contribution in [1.29, 1.82) is 0 Å². The van der Waals surface area contributed by atoms with Crippen LogP contribution >= 0.6 is 0 Å². The van der Waals surface area contributed by atoms with Gasteiger partial charge in [-0.2, -0.15) is 0 Å². The van der Waals surface area contributed by atoms with E-state index >= 15 is 0 Å². The summed E-state index contributed by atoms with van der Waals surface area (Å²) in [7, 11) is -3.38. The maximum atomic E-state index is 11.9. The summed E-state index contributed by atoms with van der Waals surface area (Å²) in [6, 6.07) is 7.14. The molecule has 1 unspecified atom stereocenters. The minimum absolute atomic E-state index is 0.295. The first-order valence-electron chi connectivity index (χ1n) is 7.09. The fourth-order valence-corrected chi connectivity index (χ4v) is 3.00. The van der Waals surface area contributed by atoms with E-state index in [2.05, 4.69) is 17.0 Å². The molecular formula is C14H25N3O2S. The molecule has 0 fully saturated rings. The number of hydrogen-bond donors (Lipinski definition) is 3. The van der Waals surface area contributed by atoms with Gasteiger partial charge in [0.15, 0.2) is 0 Å². The van der Waals surface area contributed by atoms with Crippen LogP contribution in [0.5, 0.6) is 0 Å². The Hall–Kier alpha value is -1.11. The van der Waals surface area contributed by atoms with Crippen molar-refractivity contribution in [1.82, 2.24) is 4.72 Å². The van der Waals surface area contributed by atoms with E-state index in [1.807, 2.05) is 6.92 Å². The van der Waals surface area contributed by atoms with E-state index in [9.17, 15) is 8.42 Å². The third-order valence-electron chi connectivity index (χ3n) is 3.09. The van der Waals surface area contributed by atoms with Crippen molar-refractivity contribution >= 4 is 15.7 Å². The monoisotopic (exact) mass is 299 g/mol. The lowest BCUT2D eigenvalue weighted by Gasteiger charge is -2.17. The van der Waals surface area contributed by atoms with Gasteiger partial charge in [-0.15, -0.1) is 0 Å². The normalized spacial score (nSPS) is 13.2. The molecule has 20 heavy (non-hydrogen) atoms. The zero-order valence-corrected chi connectivity index (χ0v) is 13.0. The second kappa shape index (κ2) is 8.24. The maximum Gasteiger partial charge on any atom is 0.240 e. The van der Waals surface area contributed by atoms with E-state index in [0.717, 1.165) is 24.9 Å². The second-order valence-corrected chi connectivity index (χ2v) is 6.52. The van der Waals surface area contributed by atoms with Crippen molar-refractivity contribution < 1.29 is 8.42 Å². The van der Waals surface area contributed by atoms with Crippen LogP contribution in [0.1, 0.15) is 33.1 Å². The number of anilines is 1. The summed E-state index contributed by atoms with van der Waals surface area (Å²) in [6.07, 6.45) is 2.65. The molecule has 0 bridgehead atoms. The smallest absolute Gasteiger partial charge is 0.240 e. The van der Waals surface area contributed by atoms with Crippen molar-refractivity contribution in [2.45, 2.75) is 44.0 Å². The first-order valence-corrected chi connectivity index (χ1v) is 8.58. The number of rotatable bonds is 9. The Kier molecular flexibility index (Phi) is 6.98. The molecule has 0 radical (unpaired) electrons. The number of benzene rings is 1. The molecule has 6 heteroatoms. The van der Waals surface area contributed by atoms with E-state index in [1.54, 1.807) is 24.3 Å². The Balaban J connectivity index is 2.73. The Morgan fingerprint density at radius 3 is 2.35 bits per heavy atom. The summed E-state index contributed by atoms with van der Waals surface area (Å²) in [4.78, 5) is 0.295. The van der Waals surface area contributed by atoms with Crippen LogP contribution in [-0.4, -0.2) is 27.5 Å². The Morgan fingerprint density at radius 1 is 1.20 bits per heavy atom. The van der Waals surface area contributed by atoms with Gasteiger partial charge < -0.3 is 11.1 Å². The molecule has 5 nitrogen and oxygen atoms in total. The third-order valence-corrected chi connectivity index (χ3v) is 4.56. The summed E-state index contributed by atoms with van der Waals surface area (Å²) in [6.45, 7) is 5.12. The lowest BCUT2D eigenvalue weighted by atomic mass is 10.1. The first-order chi connectivity index (χ1) is 9.53. The van der Waals surface area contributed by atoms with Crippen LogP contribution in [-0.2, 0) is 10.0 Å². The largest absolute Gasteiger partial charge is 0.382 e. The molecule has 1 atom stereocenters. The molecule has 0 saturated carbocycles. The van der Waals surface area contributed by atoms with Gasteiger partial charge in [0.25, 0.3) is 0 Å². The van der Waals surface area contributed by atoms with Crippen LogP contribution in [0.2, 0.25) is 0 Å². The highest BCUT2D eigenvalue weighted by molar-refractivity contribution is 7.89. The molecule has 0 aliphatic carbocycles. The minimum atomic E-state index is -3.38. The van der Waals surface area contributed by atoms with Gasteiger partial charge in [-0.25, -0.2) is 13.1 Å². The molecule has 0 aromatic heterocycles. The summed E-state index contributed by atoms with van der Waals surface area (Å²) in [5, 5.41) is 3.36. The van der Waals surface area contributed by atoms with Gasteiger partial charge in [0.1, 0.15) is 0 Å². The molecular weight excluding hydrogens is 274 g/mol. The van der Waals surface area contributed by atoms with E-state index < -0.39 is 10.0 Å². The lowest BCUT2D eigenvalue weighted by molar-refractivity contribution is 0.581. The van der Waals surface area contributed by atoms with Crippen molar-refractivity contribution in [3.05, 3.63) is 24.3 Å². The third kappa shape index (κ3) is 5.11. The van der Waals surface area contributed by atoms with Gasteiger partial charge in [0, 0.05) is 18.3 Å². The lowest BCUT2D eigenvalue weighted by Crippen LogP contribution is -2.24. The van der Waals surface area contributed by atoms with Gasteiger partial charge in [0.05, 0.1) is 4.90 Å². The van der Waals surface area contributed by atoms with Crippen LogP contribution in [0, 0.1) is 0 Å². The van der Waals surface area contributed by atoms with Gasteiger partial charge in [0.2, 0.25) is 10.0 Å². The van der Waals surface area contributed by atoms with E-state index in [-0.39, 0.29) is 0 Å². The standard InChI is InChI=1S/C14H25N3O2S/c1-3-11-16-20(18,19)14-7-5-13(6-8-14)17-12(4-2)9-10-15/h5-8,12,16-17H,3-4,9-11,15H2,1-2H3. The van der Waals surface area contributed by atoms with Crippen molar-refractivity contribution in [3.8, 4) is 0 Å². The van der Waals surface area contributed by atoms with Crippen LogP contribution < -0.4 is 15.8 Å². The van der Waals surface area contributed by atoms with Crippen LogP contribution in [0.15, 0.2) is 29.2 Å². The van der Waals surface area contributed by atoms with E-state index in [0.29, 0.717) is 24.0 Å². The van der Waals surface area contributed by atoms with Crippen LogP contribution in [0.4, 0.5) is 5.69 Å². The second-order valence-electron chi connectivity index (χ2n) is 4.75. The highest BCUT2D eigenvalue weighted by Crippen LogP contribution is 2.16. The predicted molar refractivity (Wildman–Crippen MR) is 83.3 cm³/mol. The minimum Gasteiger partial charge on any atom is -0.382 e. The maximum absolute atomic E-state index is 11.9. The quantitative estimate of drug-likeness (QED) is 0.650. The van der Waals surface area contributed by atoms with Gasteiger partial charge in [-0.05, 0) is 50.1 Å². The first kappa shape index (κ1) is 16.9. The number of nitrogens with two attached hydrogens (primary N) is 1. The van der Waals surface area contributed by atoms with Gasteiger partial charge in [-0.1, -0.05) is 13.8 Å². The van der Waals surface area contributed by atoms with Crippen LogP contribution in [0.3, 0.4) is 0 Å². The summed E-state index contributed by atoms with van der Waals surface area (Å²) < 4.78 is 26.4. The van der Waals surface area contributed by atoms with Crippen molar-refractivity contribution in [2.24, 2.45) is 5.73 Å². The highest BCUT2D eigenvalue weighted by Gasteiger charge is 2.13. The Labute approximate surface area is 122 Å². The Morgan fingerprint density at radius 2 is 1.85 bits per heavy atom. The van der Waals surface area contributed by atoms with Crippen molar-refractivity contribution in [2.75, 3.05) is 18.4 Å². The predicted octanol–water partition coefficient (Wildman–Crippen LogP) is 1.91. The van der Waals surface area contributed by atoms with Gasteiger partial charge >= 0.3 is 0 Å². The molecule has 1 aromatic rings. The number of nitrogens with one attached hydrogen (secondary N) is 2. The number of hydrogen-bond acceptors (Lipinski definition) is 4. The SMILES string of the molecule is CCCNS(=O)(=O)c1ccc(NC(CC)CCN)cc1. The van der Waals surface area contributed by atoms with E-state index in [4.69, 9.17) is 5.73 Å². The summed E-state index contributed by atoms with van der Waals surface area (Å²) in [5.41, 5.74) is 6.48. The summed E-state index contributed by atoms with van der Waals surface area (Å²) in [5.74, 6) is 0. The molecule has 0 amide bonds. The fourth-order valence-electron chi connectivity index (χ4n) is 1.87. The topological polar surface area (TPSA) is 84.2 Å². The fraction of sp³-hybridized carbons (Fsp3) is 0.571. The molecule has 0 heterocycles. The molecule has 0 saturated heterocycles. The highest BCUT2D eigenvalue weighted by atomic mass is 32.2. The average Bonchev–Trinajstić information content (AvgIpc) is 2.45. The number of sulfonamides is 1. The Bertz CT molecular complexity index is 486. The zero-order chi connectivity index (χ0) is 15.0. The molecule has 0 aliphatic rings.